The Labute approximate surface area is 184 Å². The Hall–Kier alpha value is -3.99. The molecule has 0 fully saturated rings. The Morgan fingerprint density at radius 3 is 3.06 bits per heavy atom. The number of fused-ring (bicyclic) bond motifs is 4. The lowest BCUT2D eigenvalue weighted by molar-refractivity contribution is 0.0927. The third-order valence-electron chi connectivity index (χ3n) is 5.53. The first-order valence-corrected chi connectivity index (χ1v) is 10.3. The van der Waals surface area contributed by atoms with Gasteiger partial charge in [-0.25, -0.2) is 4.39 Å². The highest BCUT2D eigenvalue weighted by molar-refractivity contribution is 6.07. The number of nitrogens with one attached hydrogen (secondary N) is 3. The van der Waals surface area contributed by atoms with Crippen molar-refractivity contribution >= 4 is 17.3 Å². The molecular formula is C24H21FN4O3. The molecule has 32 heavy (non-hydrogen) atoms. The summed E-state index contributed by atoms with van der Waals surface area (Å²) < 4.78 is 25.6. The maximum Gasteiger partial charge on any atom is 0.255 e. The van der Waals surface area contributed by atoms with E-state index in [1.807, 2.05) is 13.0 Å². The van der Waals surface area contributed by atoms with Gasteiger partial charge in [-0.3, -0.25) is 9.78 Å². The summed E-state index contributed by atoms with van der Waals surface area (Å²) >= 11 is 0. The molecule has 1 amide bonds. The van der Waals surface area contributed by atoms with E-state index in [2.05, 4.69) is 32.4 Å². The lowest BCUT2D eigenvalue weighted by Gasteiger charge is -2.23. The van der Waals surface area contributed by atoms with Crippen LogP contribution >= 0.6 is 0 Å². The Bertz CT molecular complexity index is 1270. The van der Waals surface area contributed by atoms with Crippen LogP contribution in [0, 0.1) is 17.7 Å². The third kappa shape index (κ3) is 3.42. The molecule has 0 radical (unpaired) electrons. The van der Waals surface area contributed by atoms with E-state index in [4.69, 9.17) is 9.47 Å². The van der Waals surface area contributed by atoms with E-state index in [9.17, 15) is 9.18 Å². The van der Waals surface area contributed by atoms with Crippen LogP contribution in [0.4, 0.5) is 15.8 Å². The van der Waals surface area contributed by atoms with E-state index >= 15 is 0 Å². The van der Waals surface area contributed by atoms with E-state index < -0.39 is 5.82 Å². The molecule has 5 rings (SSSR count). The first-order chi connectivity index (χ1) is 15.5. The van der Waals surface area contributed by atoms with Crippen molar-refractivity contribution in [2.75, 3.05) is 12.4 Å². The number of H-pyrrole nitrogens is 1. The molecule has 1 unspecified atom stereocenters. The van der Waals surface area contributed by atoms with Crippen LogP contribution in [0.3, 0.4) is 0 Å². The zero-order chi connectivity index (χ0) is 22.2. The van der Waals surface area contributed by atoms with E-state index in [0.29, 0.717) is 46.8 Å². The summed E-state index contributed by atoms with van der Waals surface area (Å²) in [5, 5.41) is 6.27. The molecule has 0 saturated carbocycles. The van der Waals surface area contributed by atoms with Crippen LogP contribution in [-0.4, -0.2) is 35.1 Å². The molecule has 3 N–H and O–H groups in total. The van der Waals surface area contributed by atoms with Gasteiger partial charge in [-0.05, 0) is 25.1 Å². The Morgan fingerprint density at radius 2 is 2.22 bits per heavy atom. The average Bonchev–Trinajstić information content (AvgIpc) is 3.12. The molecular weight excluding hydrogens is 411 g/mol. The van der Waals surface area contributed by atoms with Crippen molar-refractivity contribution < 1.29 is 18.7 Å². The highest BCUT2D eigenvalue weighted by atomic mass is 19.1. The molecule has 7 nitrogen and oxygen atoms in total. The number of benzene rings is 1. The fourth-order valence-electron chi connectivity index (χ4n) is 4.14. The van der Waals surface area contributed by atoms with E-state index in [1.54, 1.807) is 24.5 Å². The summed E-state index contributed by atoms with van der Waals surface area (Å²) in [4.78, 5) is 20.7. The minimum absolute atomic E-state index is 0.0636. The van der Waals surface area contributed by atoms with Gasteiger partial charge >= 0.3 is 0 Å². The van der Waals surface area contributed by atoms with Gasteiger partial charge in [0.2, 0.25) is 0 Å². The quantitative estimate of drug-likeness (QED) is 0.548. The number of aromatic amines is 1. The number of carbonyl (C=O) groups excluding carboxylic acids is 1. The second-order valence-corrected chi connectivity index (χ2v) is 7.71. The minimum Gasteiger partial charge on any atom is -0.492 e. The highest BCUT2D eigenvalue weighted by Gasteiger charge is 2.32. The lowest BCUT2D eigenvalue weighted by atomic mass is 9.98. The van der Waals surface area contributed by atoms with Crippen LogP contribution < -0.4 is 20.1 Å². The van der Waals surface area contributed by atoms with Gasteiger partial charge in [0.1, 0.15) is 5.75 Å². The minimum atomic E-state index is -0.502. The molecule has 0 saturated heterocycles. The summed E-state index contributed by atoms with van der Waals surface area (Å²) in [6.07, 6.45) is 4.02. The summed E-state index contributed by atoms with van der Waals surface area (Å²) in [7, 11) is 1.40. The van der Waals surface area contributed by atoms with Crippen LogP contribution in [0.15, 0.2) is 36.7 Å². The van der Waals surface area contributed by atoms with Gasteiger partial charge in [0.25, 0.3) is 5.91 Å². The Morgan fingerprint density at radius 1 is 1.34 bits per heavy atom. The van der Waals surface area contributed by atoms with Crippen LogP contribution in [0.5, 0.6) is 11.5 Å². The number of amides is 1. The number of nitrogens with zero attached hydrogens (tertiary/aromatic N) is 1. The van der Waals surface area contributed by atoms with Gasteiger partial charge < -0.3 is 25.1 Å². The van der Waals surface area contributed by atoms with Gasteiger partial charge in [-0.1, -0.05) is 17.9 Å². The van der Waals surface area contributed by atoms with Crippen molar-refractivity contribution in [3.63, 3.8) is 0 Å². The zero-order valence-electron chi connectivity index (χ0n) is 17.6. The number of para-hydroxylation sites is 1. The summed E-state index contributed by atoms with van der Waals surface area (Å²) in [6.45, 7) is 1.87. The SMILES string of the molecule is COc1c(F)cccc1Nc1c2[nH]c3c1C(=O)N[C@H](CC#CC(C)Oc1cnccc1-2)C3. The van der Waals surface area contributed by atoms with Gasteiger partial charge in [0.05, 0.1) is 35.9 Å². The molecule has 2 aliphatic rings. The molecule has 3 aromatic rings. The number of hydrogen-bond donors (Lipinski definition) is 3. The van der Waals surface area contributed by atoms with Crippen molar-refractivity contribution in [1.82, 2.24) is 15.3 Å². The lowest BCUT2D eigenvalue weighted by Crippen LogP contribution is -2.41. The molecule has 0 spiro atoms. The van der Waals surface area contributed by atoms with E-state index in [1.165, 1.54) is 13.2 Å². The number of halogens is 1. The topological polar surface area (TPSA) is 88.3 Å². The second kappa shape index (κ2) is 7.93. The van der Waals surface area contributed by atoms with Crippen molar-refractivity contribution in [3.05, 3.63) is 53.7 Å². The summed E-state index contributed by atoms with van der Waals surface area (Å²) in [5.74, 6) is 6.06. The highest BCUT2D eigenvalue weighted by Crippen LogP contribution is 2.42. The molecule has 162 valence electrons. The molecule has 1 aromatic carbocycles. The number of aromatic nitrogens is 2. The van der Waals surface area contributed by atoms with Gasteiger partial charge in [0, 0.05) is 36.3 Å². The number of anilines is 2. The van der Waals surface area contributed by atoms with Crippen LogP contribution in [0.25, 0.3) is 11.3 Å². The number of pyridine rings is 1. The number of methoxy groups -OCH3 is 1. The largest absolute Gasteiger partial charge is 0.492 e. The fourth-order valence-corrected chi connectivity index (χ4v) is 4.14. The number of rotatable bonds is 3. The zero-order valence-corrected chi connectivity index (χ0v) is 17.6. The summed E-state index contributed by atoms with van der Waals surface area (Å²) in [5.41, 5.74) is 3.54. The smallest absolute Gasteiger partial charge is 0.255 e. The van der Waals surface area contributed by atoms with Crippen molar-refractivity contribution in [3.8, 4) is 34.6 Å². The monoisotopic (exact) mass is 432 g/mol. The average molecular weight is 432 g/mol. The maximum absolute atomic E-state index is 14.3. The van der Waals surface area contributed by atoms with Gasteiger partial charge in [0.15, 0.2) is 17.7 Å². The molecule has 3 bridgehead atoms. The Kier molecular flexibility index (Phi) is 4.94. The molecule has 8 heteroatoms. The summed E-state index contributed by atoms with van der Waals surface area (Å²) in [6, 6.07) is 6.29. The number of carbonyl (C=O) groups is 1. The first-order valence-electron chi connectivity index (χ1n) is 10.3. The van der Waals surface area contributed by atoms with Crippen molar-refractivity contribution in [2.45, 2.75) is 31.9 Å². The fraction of sp³-hybridized carbons (Fsp3) is 0.250. The van der Waals surface area contributed by atoms with Crippen LogP contribution in [0.2, 0.25) is 0 Å². The molecule has 0 aliphatic carbocycles. The standard InChI is InChI=1S/C24H21FN4O3/c1-13-5-3-6-14-11-18-20(24(30)27-14)22(28-17-8-4-7-16(25)23(17)31-2)21(29-18)15-9-10-26-12-19(15)32-13/h4,7-10,12-14,28-29H,6,11H2,1-2H3,(H,27,30)/t13?,14-/m1/s1. The van der Waals surface area contributed by atoms with Crippen molar-refractivity contribution in [1.29, 1.82) is 0 Å². The second-order valence-electron chi connectivity index (χ2n) is 7.71. The van der Waals surface area contributed by atoms with E-state index in [0.717, 1.165) is 5.69 Å². The molecule has 2 aliphatic heterocycles. The Balaban J connectivity index is 1.73. The number of hydrogen-bond acceptors (Lipinski definition) is 5. The normalized spacial score (nSPS) is 18.8. The van der Waals surface area contributed by atoms with Crippen LogP contribution in [-0.2, 0) is 6.42 Å². The van der Waals surface area contributed by atoms with E-state index in [-0.39, 0.29) is 23.8 Å². The maximum atomic E-state index is 14.3. The molecule has 2 aromatic heterocycles. The van der Waals surface area contributed by atoms with Gasteiger partial charge in [-0.2, -0.15) is 0 Å². The van der Waals surface area contributed by atoms with Gasteiger partial charge in [-0.15, -0.1) is 0 Å². The number of ether oxygens (including phenoxy) is 2. The third-order valence-corrected chi connectivity index (χ3v) is 5.53. The molecule has 2 atom stereocenters. The van der Waals surface area contributed by atoms with Crippen molar-refractivity contribution in [2.24, 2.45) is 0 Å². The predicted octanol–water partition coefficient (Wildman–Crippen LogP) is 3.80. The predicted molar refractivity (Wildman–Crippen MR) is 118 cm³/mol. The van der Waals surface area contributed by atoms with Crippen LogP contribution in [0.1, 0.15) is 29.4 Å². The molecule has 4 heterocycles. The first kappa shape index (κ1) is 19.9.